The fourth-order valence-electron chi connectivity index (χ4n) is 1.81. The number of carbonyl (C=O) groups excluding carboxylic acids is 1. The Kier molecular flexibility index (Phi) is 4.93. The van der Waals surface area contributed by atoms with Crippen molar-refractivity contribution in [2.24, 2.45) is 5.10 Å². The van der Waals surface area contributed by atoms with E-state index in [9.17, 15) is 4.79 Å². The van der Waals surface area contributed by atoms with Crippen LogP contribution in [0.2, 0.25) is 0 Å². The largest absolute Gasteiger partial charge is 0.497 e. The maximum atomic E-state index is 12.0. The molecule has 0 spiro atoms. The molecule has 0 aliphatic heterocycles. The van der Waals surface area contributed by atoms with Crippen LogP contribution in [0.4, 0.5) is 5.69 Å². The van der Waals surface area contributed by atoms with Gasteiger partial charge >= 0.3 is 0 Å². The third-order valence-electron chi connectivity index (χ3n) is 2.94. The first-order valence-electron chi connectivity index (χ1n) is 6.49. The van der Waals surface area contributed by atoms with Crippen LogP contribution < -0.4 is 15.5 Å². The summed E-state index contributed by atoms with van der Waals surface area (Å²) in [6.45, 7) is 0. The van der Waals surface area contributed by atoms with Crippen molar-refractivity contribution in [1.82, 2.24) is 5.43 Å². The number of benzene rings is 2. The van der Waals surface area contributed by atoms with Crippen LogP contribution in [0.15, 0.2) is 53.6 Å². The highest BCUT2D eigenvalue weighted by molar-refractivity contribution is 5.99. The third kappa shape index (κ3) is 3.82. The van der Waals surface area contributed by atoms with E-state index in [2.05, 4.69) is 15.8 Å². The first-order valence-corrected chi connectivity index (χ1v) is 6.49. The average molecular weight is 283 g/mol. The number of methoxy groups -OCH3 is 1. The summed E-state index contributed by atoms with van der Waals surface area (Å²) in [4.78, 5) is 12.0. The molecule has 0 aliphatic carbocycles. The molecule has 0 heterocycles. The predicted molar refractivity (Wildman–Crippen MR) is 84.0 cm³/mol. The van der Waals surface area contributed by atoms with Crippen molar-refractivity contribution >= 4 is 17.8 Å². The normalized spacial score (nSPS) is 10.4. The number of para-hydroxylation sites is 1. The average Bonchev–Trinajstić information content (AvgIpc) is 2.55. The highest BCUT2D eigenvalue weighted by Crippen LogP contribution is 2.13. The Hall–Kier alpha value is -2.82. The highest BCUT2D eigenvalue weighted by Gasteiger charge is 2.08. The maximum Gasteiger partial charge on any atom is 0.273 e. The lowest BCUT2D eigenvalue weighted by atomic mass is 10.1. The number of carbonyl (C=O) groups is 1. The number of hydrogen-bond donors (Lipinski definition) is 2. The topological polar surface area (TPSA) is 62.7 Å². The summed E-state index contributed by atoms with van der Waals surface area (Å²) in [5, 5.41) is 6.93. The van der Waals surface area contributed by atoms with Gasteiger partial charge in [-0.1, -0.05) is 12.1 Å². The lowest BCUT2D eigenvalue weighted by molar-refractivity contribution is 0.0956. The minimum Gasteiger partial charge on any atom is -0.497 e. The van der Waals surface area contributed by atoms with Crippen molar-refractivity contribution in [3.8, 4) is 5.75 Å². The lowest BCUT2D eigenvalue weighted by Crippen LogP contribution is -2.18. The molecule has 2 aromatic carbocycles. The first kappa shape index (κ1) is 14.6. The molecule has 2 N–H and O–H groups in total. The van der Waals surface area contributed by atoms with Gasteiger partial charge in [-0.25, -0.2) is 5.43 Å². The van der Waals surface area contributed by atoms with Crippen molar-refractivity contribution in [3.63, 3.8) is 0 Å². The van der Waals surface area contributed by atoms with Gasteiger partial charge in [0, 0.05) is 12.7 Å². The molecular formula is C16H17N3O2. The van der Waals surface area contributed by atoms with Crippen molar-refractivity contribution in [1.29, 1.82) is 0 Å². The number of hydrazone groups is 1. The Morgan fingerprint density at radius 3 is 2.52 bits per heavy atom. The minimum atomic E-state index is -0.260. The summed E-state index contributed by atoms with van der Waals surface area (Å²) in [7, 11) is 3.38. The fourth-order valence-corrected chi connectivity index (χ4v) is 1.81. The molecule has 108 valence electrons. The highest BCUT2D eigenvalue weighted by atomic mass is 16.5. The SMILES string of the molecule is CNc1ccccc1C(=O)N/N=C\c1ccc(OC)cc1. The van der Waals surface area contributed by atoms with Crippen LogP contribution in [0, 0.1) is 0 Å². The quantitative estimate of drug-likeness (QED) is 0.654. The standard InChI is InChI=1S/C16H17N3O2/c1-17-15-6-4-3-5-14(15)16(20)19-18-11-12-7-9-13(21-2)10-8-12/h3-11,17H,1-2H3,(H,19,20)/b18-11-. The zero-order valence-corrected chi connectivity index (χ0v) is 12.0. The van der Waals surface area contributed by atoms with Crippen LogP contribution in [0.3, 0.4) is 0 Å². The molecule has 0 bridgehead atoms. The summed E-state index contributed by atoms with van der Waals surface area (Å²) in [6.07, 6.45) is 1.58. The molecule has 0 radical (unpaired) electrons. The van der Waals surface area contributed by atoms with E-state index in [1.165, 1.54) is 0 Å². The summed E-state index contributed by atoms with van der Waals surface area (Å²) in [5.41, 5.74) is 4.69. The molecule has 5 heteroatoms. The summed E-state index contributed by atoms with van der Waals surface area (Å²) >= 11 is 0. The Balaban J connectivity index is 2.01. The number of nitrogens with one attached hydrogen (secondary N) is 2. The van der Waals surface area contributed by atoms with Crippen molar-refractivity contribution in [2.45, 2.75) is 0 Å². The van der Waals surface area contributed by atoms with Crippen LogP contribution >= 0.6 is 0 Å². The van der Waals surface area contributed by atoms with E-state index in [0.717, 1.165) is 17.0 Å². The maximum absolute atomic E-state index is 12.0. The molecule has 1 amide bonds. The zero-order chi connectivity index (χ0) is 15.1. The van der Waals surface area contributed by atoms with Gasteiger partial charge in [-0.15, -0.1) is 0 Å². The number of ether oxygens (including phenoxy) is 1. The zero-order valence-electron chi connectivity index (χ0n) is 12.0. The Morgan fingerprint density at radius 2 is 1.86 bits per heavy atom. The van der Waals surface area contributed by atoms with Crippen molar-refractivity contribution in [2.75, 3.05) is 19.5 Å². The van der Waals surface area contributed by atoms with Crippen LogP contribution in [0.5, 0.6) is 5.75 Å². The summed E-state index contributed by atoms with van der Waals surface area (Å²) < 4.78 is 5.07. The van der Waals surface area contributed by atoms with E-state index >= 15 is 0 Å². The molecule has 2 rings (SSSR count). The molecule has 21 heavy (non-hydrogen) atoms. The molecule has 0 saturated heterocycles. The molecule has 5 nitrogen and oxygen atoms in total. The Bertz CT molecular complexity index is 636. The second-order valence-electron chi connectivity index (χ2n) is 4.27. The number of amides is 1. The Morgan fingerprint density at radius 1 is 1.14 bits per heavy atom. The van der Waals surface area contributed by atoms with Gasteiger partial charge in [0.2, 0.25) is 0 Å². The van der Waals surface area contributed by atoms with Gasteiger partial charge in [0.1, 0.15) is 5.75 Å². The van der Waals surface area contributed by atoms with Gasteiger partial charge in [0.15, 0.2) is 0 Å². The fraction of sp³-hybridized carbons (Fsp3) is 0.125. The Labute approximate surface area is 123 Å². The van der Waals surface area contributed by atoms with E-state index in [-0.39, 0.29) is 5.91 Å². The molecule has 0 unspecified atom stereocenters. The van der Waals surface area contributed by atoms with Gasteiger partial charge < -0.3 is 10.1 Å². The number of anilines is 1. The van der Waals surface area contributed by atoms with Crippen LogP contribution in [-0.2, 0) is 0 Å². The van der Waals surface area contributed by atoms with Crippen molar-refractivity contribution < 1.29 is 9.53 Å². The van der Waals surface area contributed by atoms with E-state index in [0.29, 0.717) is 5.56 Å². The number of nitrogens with zero attached hydrogens (tertiary/aromatic N) is 1. The number of rotatable bonds is 5. The van der Waals surface area contributed by atoms with E-state index in [1.54, 1.807) is 26.4 Å². The van der Waals surface area contributed by atoms with Crippen LogP contribution in [0.25, 0.3) is 0 Å². The summed E-state index contributed by atoms with van der Waals surface area (Å²) in [6, 6.07) is 14.6. The molecule has 0 aliphatic rings. The van der Waals surface area contributed by atoms with Gasteiger partial charge in [-0.3, -0.25) is 4.79 Å². The van der Waals surface area contributed by atoms with Gasteiger partial charge in [-0.2, -0.15) is 5.10 Å². The third-order valence-corrected chi connectivity index (χ3v) is 2.94. The van der Waals surface area contributed by atoms with E-state index < -0.39 is 0 Å². The first-order chi connectivity index (χ1) is 10.2. The molecule has 0 atom stereocenters. The molecule has 0 saturated carbocycles. The second-order valence-corrected chi connectivity index (χ2v) is 4.27. The minimum absolute atomic E-state index is 0.260. The van der Waals surface area contributed by atoms with Gasteiger partial charge in [0.05, 0.1) is 18.9 Å². The van der Waals surface area contributed by atoms with Gasteiger partial charge in [0.25, 0.3) is 5.91 Å². The summed E-state index contributed by atoms with van der Waals surface area (Å²) in [5.74, 6) is 0.517. The van der Waals surface area contributed by atoms with Crippen molar-refractivity contribution in [3.05, 3.63) is 59.7 Å². The van der Waals surface area contributed by atoms with E-state index in [4.69, 9.17) is 4.74 Å². The smallest absolute Gasteiger partial charge is 0.273 e. The molecule has 2 aromatic rings. The molecule has 0 fully saturated rings. The van der Waals surface area contributed by atoms with Gasteiger partial charge in [-0.05, 0) is 42.0 Å². The van der Waals surface area contributed by atoms with Crippen LogP contribution in [-0.4, -0.2) is 26.3 Å². The second kappa shape index (κ2) is 7.09. The lowest BCUT2D eigenvalue weighted by Gasteiger charge is -2.06. The predicted octanol–water partition coefficient (Wildman–Crippen LogP) is 2.50. The van der Waals surface area contributed by atoms with Crippen LogP contribution in [0.1, 0.15) is 15.9 Å². The van der Waals surface area contributed by atoms with E-state index in [1.807, 2.05) is 42.5 Å². The monoisotopic (exact) mass is 283 g/mol. The molecule has 0 aromatic heterocycles. The molecular weight excluding hydrogens is 266 g/mol. The number of hydrogen-bond acceptors (Lipinski definition) is 4.